The first-order valence-corrected chi connectivity index (χ1v) is 6.76. The second kappa shape index (κ2) is 5.69. The van der Waals surface area contributed by atoms with Crippen molar-refractivity contribution in [3.63, 3.8) is 0 Å². The zero-order valence-electron chi connectivity index (χ0n) is 10.1. The molecule has 2 aliphatic rings. The molecule has 1 fully saturated rings. The van der Waals surface area contributed by atoms with Gasteiger partial charge in [0.15, 0.2) is 0 Å². The molecule has 0 aromatic carbocycles. The quantitative estimate of drug-likeness (QED) is 0.694. The molecule has 0 radical (unpaired) electrons. The van der Waals surface area contributed by atoms with Crippen LogP contribution in [0.4, 0.5) is 0 Å². The molecule has 2 rings (SSSR count). The van der Waals surface area contributed by atoms with Gasteiger partial charge in [-0.15, -0.1) is 0 Å². The standard InChI is InChI=1S/C14H25N/c1-15-14(13-9-5-6-10-13)11-12-7-3-2-4-8-12/h9,12,14-15H,2-8,10-11H2,1H3. The highest BCUT2D eigenvalue weighted by Crippen LogP contribution is 2.31. The summed E-state index contributed by atoms with van der Waals surface area (Å²) in [6, 6.07) is 0.690. The van der Waals surface area contributed by atoms with Crippen LogP contribution in [0.25, 0.3) is 0 Å². The predicted octanol–water partition coefficient (Wildman–Crippen LogP) is 3.66. The zero-order chi connectivity index (χ0) is 10.5. The van der Waals surface area contributed by atoms with Gasteiger partial charge in [0, 0.05) is 6.04 Å². The molecule has 0 amide bonds. The first-order valence-electron chi connectivity index (χ1n) is 6.76. The van der Waals surface area contributed by atoms with Crippen molar-refractivity contribution in [2.45, 2.75) is 63.8 Å². The molecule has 15 heavy (non-hydrogen) atoms. The summed E-state index contributed by atoms with van der Waals surface area (Å²) in [6.07, 6.45) is 15.3. The van der Waals surface area contributed by atoms with E-state index in [1.807, 2.05) is 0 Å². The van der Waals surface area contributed by atoms with E-state index in [0.29, 0.717) is 6.04 Å². The highest BCUT2D eigenvalue weighted by Gasteiger charge is 2.21. The van der Waals surface area contributed by atoms with E-state index < -0.39 is 0 Å². The van der Waals surface area contributed by atoms with Gasteiger partial charge in [0.25, 0.3) is 0 Å². The molecule has 0 heterocycles. The second-order valence-corrected chi connectivity index (χ2v) is 5.25. The lowest BCUT2D eigenvalue weighted by Gasteiger charge is -2.27. The molecule has 0 aliphatic heterocycles. The molecule has 1 saturated carbocycles. The Bertz CT molecular complexity index is 213. The summed E-state index contributed by atoms with van der Waals surface area (Å²) in [4.78, 5) is 0. The molecule has 0 aromatic rings. The lowest BCUT2D eigenvalue weighted by Crippen LogP contribution is -2.30. The predicted molar refractivity (Wildman–Crippen MR) is 66.0 cm³/mol. The van der Waals surface area contributed by atoms with E-state index in [1.54, 1.807) is 5.57 Å². The van der Waals surface area contributed by atoms with Crippen LogP contribution in [0.3, 0.4) is 0 Å². The van der Waals surface area contributed by atoms with Crippen molar-refractivity contribution in [3.8, 4) is 0 Å². The van der Waals surface area contributed by atoms with Crippen LogP contribution in [0.2, 0.25) is 0 Å². The number of nitrogens with one attached hydrogen (secondary N) is 1. The molecular formula is C14H25N. The number of rotatable bonds is 4. The van der Waals surface area contributed by atoms with E-state index in [2.05, 4.69) is 18.4 Å². The minimum atomic E-state index is 0.690. The highest BCUT2D eigenvalue weighted by molar-refractivity contribution is 5.15. The summed E-state index contributed by atoms with van der Waals surface area (Å²) in [7, 11) is 2.13. The van der Waals surface area contributed by atoms with Crippen LogP contribution in [0.1, 0.15) is 57.8 Å². The van der Waals surface area contributed by atoms with Crippen molar-refractivity contribution < 1.29 is 0 Å². The van der Waals surface area contributed by atoms with Crippen LogP contribution < -0.4 is 5.32 Å². The van der Waals surface area contributed by atoms with Gasteiger partial charge in [-0.1, -0.05) is 43.8 Å². The largest absolute Gasteiger partial charge is 0.313 e. The summed E-state index contributed by atoms with van der Waals surface area (Å²) in [5.74, 6) is 0.998. The van der Waals surface area contributed by atoms with Crippen molar-refractivity contribution in [1.29, 1.82) is 0 Å². The van der Waals surface area contributed by atoms with Gasteiger partial charge < -0.3 is 5.32 Å². The molecular weight excluding hydrogens is 182 g/mol. The Kier molecular flexibility index (Phi) is 4.25. The number of allylic oxidation sites excluding steroid dienone is 1. The Morgan fingerprint density at radius 1 is 1.27 bits per heavy atom. The Morgan fingerprint density at radius 3 is 2.67 bits per heavy atom. The van der Waals surface area contributed by atoms with Crippen LogP contribution >= 0.6 is 0 Å². The van der Waals surface area contributed by atoms with Gasteiger partial charge in [0.05, 0.1) is 0 Å². The van der Waals surface area contributed by atoms with Crippen molar-refractivity contribution in [1.82, 2.24) is 5.32 Å². The van der Waals surface area contributed by atoms with Crippen LogP contribution in [0.5, 0.6) is 0 Å². The van der Waals surface area contributed by atoms with Crippen molar-refractivity contribution in [2.75, 3.05) is 7.05 Å². The molecule has 2 aliphatic carbocycles. The zero-order valence-corrected chi connectivity index (χ0v) is 10.1. The topological polar surface area (TPSA) is 12.0 Å². The van der Waals surface area contributed by atoms with E-state index in [1.165, 1.54) is 57.8 Å². The van der Waals surface area contributed by atoms with E-state index in [4.69, 9.17) is 0 Å². The van der Waals surface area contributed by atoms with Crippen LogP contribution in [-0.2, 0) is 0 Å². The van der Waals surface area contributed by atoms with E-state index in [-0.39, 0.29) is 0 Å². The Labute approximate surface area is 94.3 Å². The molecule has 0 bridgehead atoms. The van der Waals surface area contributed by atoms with Gasteiger partial charge >= 0.3 is 0 Å². The molecule has 0 aromatic heterocycles. The number of hydrogen-bond acceptors (Lipinski definition) is 1. The molecule has 1 N–H and O–H groups in total. The maximum absolute atomic E-state index is 3.52. The van der Waals surface area contributed by atoms with Gasteiger partial charge in [-0.2, -0.15) is 0 Å². The highest BCUT2D eigenvalue weighted by atomic mass is 14.9. The lowest BCUT2D eigenvalue weighted by molar-refractivity contribution is 0.314. The molecule has 1 unspecified atom stereocenters. The molecule has 0 saturated heterocycles. The fourth-order valence-electron chi connectivity index (χ4n) is 3.22. The first-order chi connectivity index (χ1) is 7.40. The van der Waals surface area contributed by atoms with Crippen molar-refractivity contribution in [2.24, 2.45) is 5.92 Å². The third-order valence-electron chi connectivity index (χ3n) is 4.17. The fraction of sp³-hybridized carbons (Fsp3) is 0.857. The summed E-state index contributed by atoms with van der Waals surface area (Å²) < 4.78 is 0. The molecule has 1 heteroatoms. The van der Waals surface area contributed by atoms with Crippen LogP contribution in [0, 0.1) is 5.92 Å². The molecule has 1 nitrogen and oxygen atoms in total. The normalized spacial score (nSPS) is 25.3. The van der Waals surface area contributed by atoms with Crippen LogP contribution in [-0.4, -0.2) is 13.1 Å². The van der Waals surface area contributed by atoms with Gasteiger partial charge in [-0.3, -0.25) is 0 Å². The maximum atomic E-state index is 3.52. The third-order valence-corrected chi connectivity index (χ3v) is 4.17. The summed E-state index contributed by atoms with van der Waals surface area (Å²) in [5.41, 5.74) is 1.70. The maximum Gasteiger partial charge on any atom is 0.0279 e. The van der Waals surface area contributed by atoms with Crippen LogP contribution in [0.15, 0.2) is 11.6 Å². The Morgan fingerprint density at radius 2 is 2.07 bits per heavy atom. The monoisotopic (exact) mass is 207 g/mol. The average Bonchev–Trinajstić information content (AvgIpc) is 2.81. The smallest absolute Gasteiger partial charge is 0.0279 e. The fourth-order valence-corrected chi connectivity index (χ4v) is 3.22. The minimum Gasteiger partial charge on any atom is -0.313 e. The van der Waals surface area contributed by atoms with Gasteiger partial charge in [-0.05, 0) is 38.6 Å². The first kappa shape index (κ1) is 11.2. The van der Waals surface area contributed by atoms with E-state index >= 15 is 0 Å². The SMILES string of the molecule is CNC(CC1CCCCC1)C1=CCCC1. The third kappa shape index (κ3) is 3.07. The van der Waals surface area contributed by atoms with E-state index in [9.17, 15) is 0 Å². The van der Waals surface area contributed by atoms with Crippen molar-refractivity contribution >= 4 is 0 Å². The molecule has 86 valence electrons. The number of likely N-dealkylation sites (N-methyl/N-ethyl adjacent to an activating group) is 1. The van der Waals surface area contributed by atoms with Gasteiger partial charge in [-0.25, -0.2) is 0 Å². The number of hydrogen-bond donors (Lipinski definition) is 1. The van der Waals surface area contributed by atoms with Gasteiger partial charge in [0.2, 0.25) is 0 Å². The summed E-state index contributed by atoms with van der Waals surface area (Å²) in [6.45, 7) is 0. The van der Waals surface area contributed by atoms with Gasteiger partial charge in [0.1, 0.15) is 0 Å². The minimum absolute atomic E-state index is 0.690. The molecule has 0 spiro atoms. The Hall–Kier alpha value is -0.300. The summed E-state index contributed by atoms with van der Waals surface area (Å²) >= 11 is 0. The second-order valence-electron chi connectivity index (χ2n) is 5.25. The molecule has 1 atom stereocenters. The Balaban J connectivity index is 1.83. The van der Waals surface area contributed by atoms with Crippen molar-refractivity contribution in [3.05, 3.63) is 11.6 Å². The summed E-state index contributed by atoms with van der Waals surface area (Å²) in [5, 5.41) is 3.52. The lowest BCUT2D eigenvalue weighted by atomic mass is 9.83. The van der Waals surface area contributed by atoms with E-state index in [0.717, 1.165) is 5.92 Å². The average molecular weight is 207 g/mol.